The molecule has 0 radical (unpaired) electrons. The SMILES string of the molecule is CCOC(=O)C1C2CCCCCC21O[Si](C)(C)C. The van der Waals surface area contributed by atoms with Gasteiger partial charge in [-0.15, -0.1) is 0 Å². The Kier molecular flexibility index (Phi) is 3.88. The van der Waals surface area contributed by atoms with Crippen LogP contribution >= 0.6 is 0 Å². The summed E-state index contributed by atoms with van der Waals surface area (Å²) in [5.41, 5.74) is -0.159. The van der Waals surface area contributed by atoms with Gasteiger partial charge in [0.2, 0.25) is 0 Å². The number of carbonyl (C=O) groups excluding carboxylic acids is 1. The van der Waals surface area contributed by atoms with Crippen molar-refractivity contribution in [2.45, 2.75) is 64.3 Å². The fourth-order valence-electron chi connectivity index (χ4n) is 3.54. The fraction of sp³-hybridized carbons (Fsp3) is 0.929. The molecule has 18 heavy (non-hydrogen) atoms. The van der Waals surface area contributed by atoms with E-state index in [2.05, 4.69) is 19.6 Å². The Balaban J connectivity index is 2.13. The number of rotatable bonds is 4. The second kappa shape index (κ2) is 4.97. The van der Waals surface area contributed by atoms with E-state index in [4.69, 9.17) is 9.16 Å². The van der Waals surface area contributed by atoms with E-state index >= 15 is 0 Å². The molecule has 0 aliphatic heterocycles. The second-order valence-electron chi connectivity index (χ2n) is 6.60. The molecule has 0 amide bonds. The minimum absolute atomic E-state index is 0.0180. The quantitative estimate of drug-likeness (QED) is 0.580. The normalized spacial score (nSPS) is 35.6. The van der Waals surface area contributed by atoms with Crippen LogP contribution in [-0.2, 0) is 14.0 Å². The van der Waals surface area contributed by atoms with Gasteiger partial charge >= 0.3 is 5.97 Å². The molecule has 0 heterocycles. The van der Waals surface area contributed by atoms with Crippen LogP contribution < -0.4 is 0 Å². The van der Waals surface area contributed by atoms with E-state index < -0.39 is 8.32 Å². The first-order valence-corrected chi connectivity index (χ1v) is 10.7. The first kappa shape index (κ1) is 14.1. The smallest absolute Gasteiger partial charge is 0.312 e. The molecule has 3 nitrogen and oxygen atoms in total. The molecule has 0 aromatic carbocycles. The summed E-state index contributed by atoms with van der Waals surface area (Å²) < 4.78 is 11.7. The van der Waals surface area contributed by atoms with E-state index in [1.165, 1.54) is 19.3 Å². The second-order valence-corrected chi connectivity index (χ2v) is 11.0. The van der Waals surface area contributed by atoms with Gasteiger partial charge in [0.15, 0.2) is 8.32 Å². The minimum Gasteiger partial charge on any atom is -0.466 e. The molecule has 4 heteroatoms. The first-order chi connectivity index (χ1) is 8.41. The van der Waals surface area contributed by atoms with Crippen molar-refractivity contribution in [3.8, 4) is 0 Å². The highest BCUT2D eigenvalue weighted by Gasteiger charge is 2.70. The molecule has 2 saturated carbocycles. The Morgan fingerprint density at radius 3 is 2.61 bits per heavy atom. The number of fused-ring (bicyclic) bond motifs is 1. The summed E-state index contributed by atoms with van der Waals surface area (Å²) in [5.74, 6) is 0.415. The van der Waals surface area contributed by atoms with Crippen molar-refractivity contribution in [1.29, 1.82) is 0 Å². The lowest BCUT2D eigenvalue weighted by atomic mass is 10.1. The average Bonchev–Trinajstić information content (AvgIpc) is 2.85. The lowest BCUT2D eigenvalue weighted by molar-refractivity contribution is -0.146. The van der Waals surface area contributed by atoms with E-state index in [0.717, 1.165) is 12.8 Å². The third-order valence-electron chi connectivity index (χ3n) is 4.07. The summed E-state index contributed by atoms with van der Waals surface area (Å²) in [6.07, 6.45) is 5.89. The molecule has 0 bridgehead atoms. The Labute approximate surface area is 111 Å². The highest BCUT2D eigenvalue weighted by molar-refractivity contribution is 6.69. The minimum atomic E-state index is -1.62. The highest BCUT2D eigenvalue weighted by atomic mass is 28.4. The molecule has 2 rings (SSSR count). The first-order valence-electron chi connectivity index (χ1n) is 7.27. The van der Waals surface area contributed by atoms with E-state index in [9.17, 15) is 4.79 Å². The van der Waals surface area contributed by atoms with Crippen molar-refractivity contribution < 1.29 is 14.0 Å². The van der Waals surface area contributed by atoms with Crippen LogP contribution in [0.15, 0.2) is 0 Å². The molecule has 0 aromatic rings. The number of hydrogen-bond acceptors (Lipinski definition) is 3. The monoisotopic (exact) mass is 270 g/mol. The van der Waals surface area contributed by atoms with Crippen LogP contribution in [0.5, 0.6) is 0 Å². The molecule has 3 atom stereocenters. The van der Waals surface area contributed by atoms with Crippen molar-refractivity contribution >= 4 is 14.3 Å². The lowest BCUT2D eigenvalue weighted by Gasteiger charge is -2.27. The van der Waals surface area contributed by atoms with Crippen LogP contribution in [0.25, 0.3) is 0 Å². The maximum absolute atomic E-state index is 12.1. The van der Waals surface area contributed by atoms with Crippen molar-refractivity contribution in [3.05, 3.63) is 0 Å². The summed E-state index contributed by atoms with van der Waals surface area (Å²) in [6, 6.07) is 0. The molecular weight excluding hydrogens is 244 g/mol. The number of ether oxygens (including phenoxy) is 1. The number of carbonyl (C=O) groups is 1. The van der Waals surface area contributed by atoms with Gasteiger partial charge in [-0.2, -0.15) is 0 Å². The predicted octanol–water partition coefficient (Wildman–Crippen LogP) is 3.35. The maximum Gasteiger partial charge on any atom is 0.312 e. The van der Waals surface area contributed by atoms with Gasteiger partial charge in [0.1, 0.15) is 0 Å². The summed E-state index contributed by atoms with van der Waals surface area (Å²) in [6.45, 7) is 8.99. The Morgan fingerprint density at radius 1 is 1.28 bits per heavy atom. The largest absolute Gasteiger partial charge is 0.466 e. The fourth-order valence-corrected chi connectivity index (χ4v) is 5.06. The van der Waals surface area contributed by atoms with E-state index in [1.807, 2.05) is 6.92 Å². The van der Waals surface area contributed by atoms with Crippen LogP contribution in [0.3, 0.4) is 0 Å². The van der Waals surface area contributed by atoms with Crippen molar-refractivity contribution in [1.82, 2.24) is 0 Å². The molecule has 0 N–H and O–H groups in total. The zero-order chi connectivity index (χ0) is 13.4. The van der Waals surface area contributed by atoms with Crippen molar-refractivity contribution in [2.75, 3.05) is 6.61 Å². The van der Waals surface area contributed by atoms with Crippen LogP contribution in [0.1, 0.15) is 39.0 Å². The molecule has 3 unspecified atom stereocenters. The summed E-state index contributed by atoms with van der Waals surface area (Å²) in [4.78, 5) is 12.1. The summed E-state index contributed by atoms with van der Waals surface area (Å²) in [7, 11) is -1.62. The van der Waals surface area contributed by atoms with E-state index in [0.29, 0.717) is 12.5 Å². The topological polar surface area (TPSA) is 35.5 Å². The standard InChI is InChI=1S/C14H26O3Si/c1-5-16-13(15)12-11-9-7-6-8-10-14(11,12)17-18(2,3)4/h11-12H,5-10H2,1-4H3. The molecule has 2 fully saturated rings. The van der Waals surface area contributed by atoms with E-state index in [1.54, 1.807) is 0 Å². The van der Waals surface area contributed by atoms with Crippen LogP contribution in [0, 0.1) is 11.8 Å². The number of hydrogen-bond donors (Lipinski definition) is 0. The van der Waals surface area contributed by atoms with Gasteiger partial charge in [-0.1, -0.05) is 19.3 Å². The molecule has 0 aromatic heterocycles. The van der Waals surface area contributed by atoms with Crippen LogP contribution in [-0.4, -0.2) is 26.5 Å². The van der Waals surface area contributed by atoms with Crippen molar-refractivity contribution in [3.63, 3.8) is 0 Å². The highest BCUT2D eigenvalue weighted by Crippen LogP contribution is 2.61. The maximum atomic E-state index is 12.1. The molecule has 0 spiro atoms. The Bertz CT molecular complexity index is 323. The third-order valence-corrected chi connectivity index (χ3v) is 5.06. The molecule has 2 aliphatic carbocycles. The van der Waals surface area contributed by atoms with Gasteiger partial charge in [-0.25, -0.2) is 0 Å². The zero-order valence-corrected chi connectivity index (χ0v) is 13.1. The van der Waals surface area contributed by atoms with Crippen LogP contribution in [0.4, 0.5) is 0 Å². The zero-order valence-electron chi connectivity index (χ0n) is 12.1. The molecule has 2 aliphatic rings. The van der Waals surface area contributed by atoms with Gasteiger partial charge in [-0.3, -0.25) is 4.79 Å². The van der Waals surface area contributed by atoms with E-state index in [-0.39, 0.29) is 17.5 Å². The Morgan fingerprint density at radius 2 is 2.00 bits per heavy atom. The molecular formula is C14H26O3Si. The number of esters is 1. The van der Waals surface area contributed by atoms with Gasteiger partial charge in [0.25, 0.3) is 0 Å². The van der Waals surface area contributed by atoms with Gasteiger partial charge in [-0.05, 0) is 39.4 Å². The lowest BCUT2D eigenvalue weighted by Crippen LogP contribution is -2.36. The predicted molar refractivity (Wildman–Crippen MR) is 73.9 cm³/mol. The third kappa shape index (κ3) is 2.64. The summed E-state index contributed by atoms with van der Waals surface area (Å²) >= 11 is 0. The van der Waals surface area contributed by atoms with Gasteiger partial charge in [0.05, 0.1) is 18.1 Å². The Hall–Kier alpha value is -0.353. The van der Waals surface area contributed by atoms with Crippen molar-refractivity contribution in [2.24, 2.45) is 11.8 Å². The molecule has 104 valence electrons. The van der Waals surface area contributed by atoms with Crippen LogP contribution in [0.2, 0.25) is 19.6 Å². The van der Waals surface area contributed by atoms with Gasteiger partial charge < -0.3 is 9.16 Å². The summed E-state index contributed by atoms with van der Waals surface area (Å²) in [5, 5.41) is 0. The average molecular weight is 270 g/mol. The molecule has 0 saturated heterocycles. The van der Waals surface area contributed by atoms with Gasteiger partial charge in [0, 0.05) is 5.92 Å².